The molecule has 12 heteroatoms. The van der Waals surface area contributed by atoms with Gasteiger partial charge in [0.2, 0.25) is 5.91 Å². The monoisotopic (exact) mass is 544 g/mol. The smallest absolute Gasteiger partial charge is 0.263 e. The number of hydrogen-bond acceptors (Lipinski definition) is 8. The minimum absolute atomic E-state index is 0.282. The van der Waals surface area contributed by atoms with Gasteiger partial charge in [0.25, 0.3) is 5.91 Å². The van der Waals surface area contributed by atoms with E-state index < -0.39 is 33.2 Å². The number of amides is 2. The van der Waals surface area contributed by atoms with Crippen LogP contribution in [0.15, 0.2) is 58.9 Å². The van der Waals surface area contributed by atoms with Crippen LogP contribution in [0.2, 0.25) is 0 Å². The molecule has 0 aliphatic carbocycles. The second kappa shape index (κ2) is 11.2. The normalized spacial score (nSPS) is 12.2. The highest BCUT2D eigenvalue weighted by Gasteiger charge is 2.22. The van der Waals surface area contributed by atoms with Gasteiger partial charge in [-0.3, -0.25) is 9.59 Å². The predicted molar refractivity (Wildman–Crippen MR) is 142 cm³/mol. The van der Waals surface area contributed by atoms with Gasteiger partial charge in [-0.15, -0.1) is 11.3 Å². The van der Waals surface area contributed by atoms with Crippen LogP contribution in [0.25, 0.3) is 21.5 Å². The first-order valence-electron chi connectivity index (χ1n) is 10.9. The van der Waals surface area contributed by atoms with Crippen molar-refractivity contribution in [2.75, 3.05) is 30.5 Å². The Bertz CT molecular complexity index is 1570. The first-order chi connectivity index (χ1) is 17.2. The van der Waals surface area contributed by atoms with Crippen LogP contribution in [0, 0.1) is 6.92 Å². The van der Waals surface area contributed by atoms with E-state index in [9.17, 15) is 18.0 Å². The third-order valence-corrected chi connectivity index (χ3v) is 8.28. The number of hydrogen-bond donors (Lipinski definition) is 1. The minimum Gasteiger partial charge on any atom is -0.383 e. The van der Waals surface area contributed by atoms with Gasteiger partial charge in [0, 0.05) is 24.6 Å². The summed E-state index contributed by atoms with van der Waals surface area (Å²) in [7, 11) is -2.46. The van der Waals surface area contributed by atoms with Gasteiger partial charge >= 0.3 is 0 Å². The molecule has 0 aliphatic heterocycles. The van der Waals surface area contributed by atoms with Crippen LogP contribution in [0.5, 0.6) is 0 Å². The number of aryl methyl sites for hydroxylation is 1. The number of ether oxygens (including phenoxy) is 1. The number of carbonyl (C=O) groups excluding carboxylic acids is 2. The molecule has 2 aromatic heterocycles. The number of fused-ring (bicyclic) bond motifs is 1. The van der Waals surface area contributed by atoms with Gasteiger partial charge < -0.3 is 14.6 Å². The number of thiazole rings is 2. The van der Waals surface area contributed by atoms with Crippen molar-refractivity contribution in [1.29, 1.82) is 0 Å². The zero-order valence-corrected chi connectivity index (χ0v) is 22.1. The Balaban J connectivity index is 1.45. The molecule has 0 saturated heterocycles. The molecule has 2 amide bonds. The lowest BCUT2D eigenvalue weighted by molar-refractivity contribution is -0.115. The molecule has 2 heterocycles. The molecule has 0 spiro atoms. The molecule has 9 nitrogen and oxygen atoms in total. The standard InChI is InChI=1S/C24H24N4O5S3/c1-16-8-9-19-20(12-16)35-24(28(19)10-11-33-2)27-22(30)15-36(31,32)14-21(29)26-23-25-18(13-34-23)17-6-4-3-5-7-17/h3-9,12-13H,10-11,14-15H2,1-2H3,(H,25,26,29). The maximum Gasteiger partial charge on any atom is 0.263 e. The van der Waals surface area contributed by atoms with Gasteiger partial charge in [-0.2, -0.15) is 4.99 Å². The number of aromatic nitrogens is 2. The summed E-state index contributed by atoms with van der Waals surface area (Å²) >= 11 is 2.49. The van der Waals surface area contributed by atoms with Gasteiger partial charge in [-0.1, -0.05) is 47.7 Å². The quantitative estimate of drug-likeness (QED) is 0.345. The Morgan fingerprint density at radius 2 is 1.92 bits per heavy atom. The molecular formula is C24H24N4O5S3. The van der Waals surface area contributed by atoms with Gasteiger partial charge in [0.1, 0.15) is 11.5 Å². The van der Waals surface area contributed by atoms with Crippen molar-refractivity contribution in [3.63, 3.8) is 0 Å². The topological polar surface area (TPSA) is 120 Å². The summed E-state index contributed by atoms with van der Waals surface area (Å²) in [4.78, 5) is 33.7. The SMILES string of the molecule is COCCn1c(=NC(=O)CS(=O)(=O)CC(=O)Nc2nc(-c3ccccc3)cs2)sc2cc(C)ccc21. The lowest BCUT2D eigenvalue weighted by Crippen LogP contribution is -2.28. The van der Waals surface area contributed by atoms with E-state index in [-0.39, 0.29) is 5.13 Å². The van der Waals surface area contributed by atoms with E-state index in [0.29, 0.717) is 23.6 Å². The van der Waals surface area contributed by atoms with E-state index in [0.717, 1.165) is 21.3 Å². The molecule has 0 radical (unpaired) electrons. The third-order valence-electron chi connectivity index (χ3n) is 5.09. The van der Waals surface area contributed by atoms with Crippen molar-refractivity contribution < 1.29 is 22.7 Å². The van der Waals surface area contributed by atoms with Crippen molar-refractivity contribution in [3.8, 4) is 11.3 Å². The summed E-state index contributed by atoms with van der Waals surface area (Å²) in [5, 5.41) is 4.55. The number of nitrogens with zero attached hydrogens (tertiary/aromatic N) is 3. The second-order valence-corrected chi connectivity index (χ2v) is 11.9. The number of nitrogens with one attached hydrogen (secondary N) is 1. The van der Waals surface area contributed by atoms with Crippen LogP contribution < -0.4 is 10.1 Å². The molecule has 36 heavy (non-hydrogen) atoms. The summed E-state index contributed by atoms with van der Waals surface area (Å²) in [5.74, 6) is -3.31. The minimum atomic E-state index is -4.04. The maximum atomic E-state index is 12.6. The fourth-order valence-corrected chi connectivity index (χ4v) is 6.39. The predicted octanol–water partition coefficient (Wildman–Crippen LogP) is 3.26. The number of carbonyl (C=O) groups is 2. The van der Waals surface area contributed by atoms with Gasteiger partial charge in [-0.25, -0.2) is 13.4 Å². The fraction of sp³-hybridized carbons (Fsp3) is 0.250. The van der Waals surface area contributed by atoms with Crippen molar-refractivity contribution in [3.05, 3.63) is 64.3 Å². The average molecular weight is 545 g/mol. The second-order valence-electron chi connectivity index (χ2n) is 7.99. The molecule has 4 rings (SSSR count). The van der Waals surface area contributed by atoms with Crippen LogP contribution in [-0.4, -0.2) is 55.0 Å². The van der Waals surface area contributed by atoms with Crippen molar-refractivity contribution in [2.45, 2.75) is 13.5 Å². The molecule has 2 aromatic carbocycles. The Morgan fingerprint density at radius 3 is 2.67 bits per heavy atom. The molecule has 0 bridgehead atoms. The Hall–Kier alpha value is -3.19. The van der Waals surface area contributed by atoms with Crippen molar-refractivity contribution >= 4 is 59.7 Å². The number of sulfone groups is 1. The van der Waals surface area contributed by atoms with Gasteiger partial charge in [0.05, 0.1) is 22.5 Å². The molecule has 0 atom stereocenters. The summed E-state index contributed by atoms with van der Waals surface area (Å²) in [6.45, 7) is 2.83. The van der Waals surface area contributed by atoms with Gasteiger partial charge in [-0.05, 0) is 24.6 Å². The lowest BCUT2D eigenvalue weighted by atomic mass is 10.2. The number of benzene rings is 2. The molecule has 1 N–H and O–H groups in total. The van der Waals surface area contributed by atoms with E-state index in [1.54, 1.807) is 12.5 Å². The third kappa shape index (κ3) is 6.52. The van der Waals surface area contributed by atoms with Crippen molar-refractivity contribution in [2.24, 2.45) is 4.99 Å². The van der Waals surface area contributed by atoms with Crippen LogP contribution >= 0.6 is 22.7 Å². The zero-order chi connectivity index (χ0) is 25.7. The van der Waals surface area contributed by atoms with Crippen LogP contribution in [0.4, 0.5) is 5.13 Å². The lowest BCUT2D eigenvalue weighted by Gasteiger charge is -2.05. The maximum absolute atomic E-state index is 12.6. The largest absolute Gasteiger partial charge is 0.383 e. The van der Waals surface area contributed by atoms with Crippen molar-refractivity contribution in [1.82, 2.24) is 9.55 Å². The first kappa shape index (κ1) is 25.9. The molecule has 4 aromatic rings. The average Bonchev–Trinajstić information content (AvgIpc) is 3.41. The highest BCUT2D eigenvalue weighted by atomic mass is 32.2. The number of methoxy groups -OCH3 is 1. The summed E-state index contributed by atoms with van der Waals surface area (Å²) in [5.41, 5.74) is 3.50. The van der Waals surface area contributed by atoms with E-state index in [1.165, 1.54) is 22.7 Å². The molecule has 0 unspecified atom stereocenters. The van der Waals surface area contributed by atoms with E-state index in [1.807, 2.05) is 60.0 Å². The van der Waals surface area contributed by atoms with Crippen LogP contribution in [0.3, 0.4) is 0 Å². The zero-order valence-electron chi connectivity index (χ0n) is 19.6. The van der Waals surface area contributed by atoms with Gasteiger partial charge in [0.15, 0.2) is 19.8 Å². The number of rotatable bonds is 9. The van der Waals surface area contributed by atoms with E-state index in [4.69, 9.17) is 4.74 Å². The first-order valence-corrected chi connectivity index (χ1v) is 14.4. The molecule has 188 valence electrons. The van der Waals surface area contributed by atoms with Crippen LogP contribution in [-0.2, 0) is 30.7 Å². The Kier molecular flexibility index (Phi) is 8.09. The summed E-state index contributed by atoms with van der Waals surface area (Å²) in [6, 6.07) is 15.3. The summed E-state index contributed by atoms with van der Waals surface area (Å²) < 4.78 is 33.0. The molecule has 0 aliphatic rings. The fourth-order valence-electron chi connectivity index (χ4n) is 3.47. The highest BCUT2D eigenvalue weighted by Crippen LogP contribution is 2.24. The highest BCUT2D eigenvalue weighted by molar-refractivity contribution is 7.92. The number of anilines is 1. The summed E-state index contributed by atoms with van der Waals surface area (Å²) in [6.07, 6.45) is 0. The van der Waals surface area contributed by atoms with E-state index >= 15 is 0 Å². The molecule has 0 fully saturated rings. The molecular weight excluding hydrogens is 520 g/mol. The molecule has 0 saturated carbocycles. The van der Waals surface area contributed by atoms with E-state index in [2.05, 4.69) is 15.3 Å². The Labute approximate surface area is 216 Å². The Morgan fingerprint density at radius 1 is 1.14 bits per heavy atom. The van der Waals surface area contributed by atoms with Crippen LogP contribution in [0.1, 0.15) is 5.56 Å².